The fourth-order valence-corrected chi connectivity index (χ4v) is 2.13. The van der Waals surface area contributed by atoms with E-state index in [9.17, 15) is 4.39 Å². The van der Waals surface area contributed by atoms with E-state index in [0.29, 0.717) is 12.2 Å². The van der Waals surface area contributed by atoms with E-state index in [2.05, 4.69) is 5.32 Å². The van der Waals surface area contributed by atoms with E-state index in [0.717, 1.165) is 17.9 Å². The summed E-state index contributed by atoms with van der Waals surface area (Å²) < 4.78 is 19.7. The topological polar surface area (TPSA) is 21.3 Å². The van der Waals surface area contributed by atoms with Crippen molar-refractivity contribution in [3.05, 3.63) is 65.5 Å². The molecule has 0 aromatic heterocycles. The molecule has 0 aliphatic rings. The molecule has 0 aliphatic heterocycles. The number of para-hydroxylation sites is 1. The maximum Gasteiger partial charge on any atom is 0.128 e. The summed E-state index contributed by atoms with van der Waals surface area (Å²) in [5.41, 5.74) is 1.70. The van der Waals surface area contributed by atoms with Crippen molar-refractivity contribution in [2.75, 3.05) is 13.2 Å². The zero-order chi connectivity index (χ0) is 14.4. The number of benzene rings is 2. The summed E-state index contributed by atoms with van der Waals surface area (Å²) in [5.74, 6) is 0.599. The molecule has 20 heavy (non-hydrogen) atoms. The van der Waals surface area contributed by atoms with E-state index in [4.69, 9.17) is 4.74 Å². The average Bonchev–Trinajstić information content (AvgIpc) is 2.47. The van der Waals surface area contributed by atoms with Crippen LogP contribution in [0.5, 0.6) is 5.75 Å². The van der Waals surface area contributed by atoms with Gasteiger partial charge in [0, 0.05) is 5.56 Å². The SMILES string of the molecule is CCNC(COc1ccccc1)c1cc(C)ccc1F. The Morgan fingerprint density at radius 1 is 1.15 bits per heavy atom. The first-order chi connectivity index (χ1) is 9.70. The maximum atomic E-state index is 14.0. The molecule has 0 saturated carbocycles. The van der Waals surface area contributed by atoms with Crippen LogP contribution in [-0.4, -0.2) is 13.2 Å². The minimum Gasteiger partial charge on any atom is -0.492 e. The highest BCUT2D eigenvalue weighted by atomic mass is 19.1. The van der Waals surface area contributed by atoms with Crippen LogP contribution in [0.3, 0.4) is 0 Å². The van der Waals surface area contributed by atoms with E-state index >= 15 is 0 Å². The Morgan fingerprint density at radius 2 is 1.90 bits per heavy atom. The fourth-order valence-electron chi connectivity index (χ4n) is 2.13. The normalized spacial score (nSPS) is 12.2. The molecule has 3 heteroatoms. The zero-order valence-electron chi connectivity index (χ0n) is 11.9. The van der Waals surface area contributed by atoms with E-state index in [1.54, 1.807) is 6.07 Å². The molecule has 2 aromatic rings. The number of rotatable bonds is 6. The number of halogens is 1. The van der Waals surface area contributed by atoms with Gasteiger partial charge in [-0.2, -0.15) is 0 Å². The van der Waals surface area contributed by atoms with Gasteiger partial charge in [0.05, 0.1) is 6.04 Å². The van der Waals surface area contributed by atoms with Crippen LogP contribution in [-0.2, 0) is 0 Å². The Kier molecular flexibility index (Phi) is 5.13. The van der Waals surface area contributed by atoms with Crippen molar-refractivity contribution in [1.29, 1.82) is 0 Å². The van der Waals surface area contributed by atoms with Crippen molar-refractivity contribution >= 4 is 0 Å². The number of ether oxygens (including phenoxy) is 1. The lowest BCUT2D eigenvalue weighted by Crippen LogP contribution is -2.27. The smallest absolute Gasteiger partial charge is 0.128 e. The maximum absolute atomic E-state index is 14.0. The van der Waals surface area contributed by atoms with E-state index in [1.807, 2.05) is 50.2 Å². The minimum atomic E-state index is -0.196. The van der Waals surface area contributed by atoms with Crippen LogP contribution in [0.2, 0.25) is 0 Å². The molecule has 0 radical (unpaired) electrons. The molecular formula is C17H20FNO. The van der Waals surface area contributed by atoms with Gasteiger partial charge in [-0.15, -0.1) is 0 Å². The standard InChI is InChI=1S/C17H20FNO/c1-3-19-17(12-20-14-7-5-4-6-8-14)15-11-13(2)9-10-16(15)18/h4-11,17,19H,3,12H2,1-2H3. The van der Waals surface area contributed by atoms with Gasteiger partial charge in [-0.1, -0.05) is 42.8 Å². The minimum absolute atomic E-state index is 0.153. The first kappa shape index (κ1) is 14.5. The second-order valence-corrected chi connectivity index (χ2v) is 4.76. The Hall–Kier alpha value is -1.87. The summed E-state index contributed by atoms with van der Waals surface area (Å²) in [4.78, 5) is 0. The van der Waals surface area contributed by atoms with Gasteiger partial charge in [0.15, 0.2) is 0 Å². The van der Waals surface area contributed by atoms with Gasteiger partial charge in [-0.05, 0) is 31.7 Å². The summed E-state index contributed by atoms with van der Waals surface area (Å²) in [6.07, 6.45) is 0. The zero-order valence-corrected chi connectivity index (χ0v) is 11.9. The van der Waals surface area contributed by atoms with Gasteiger partial charge in [-0.3, -0.25) is 0 Å². The third kappa shape index (κ3) is 3.81. The lowest BCUT2D eigenvalue weighted by atomic mass is 10.0. The quantitative estimate of drug-likeness (QED) is 0.862. The third-order valence-electron chi connectivity index (χ3n) is 3.14. The van der Waals surface area contributed by atoms with Crippen LogP contribution in [0.1, 0.15) is 24.1 Å². The number of likely N-dealkylation sites (N-methyl/N-ethyl adjacent to an activating group) is 1. The molecule has 1 atom stereocenters. The van der Waals surface area contributed by atoms with Crippen LogP contribution in [0, 0.1) is 12.7 Å². The molecule has 1 unspecified atom stereocenters. The van der Waals surface area contributed by atoms with E-state index in [-0.39, 0.29) is 11.9 Å². The molecule has 0 fully saturated rings. The summed E-state index contributed by atoms with van der Waals surface area (Å²) >= 11 is 0. The van der Waals surface area contributed by atoms with Gasteiger partial charge in [0.2, 0.25) is 0 Å². The Balaban J connectivity index is 2.12. The van der Waals surface area contributed by atoms with Crippen LogP contribution < -0.4 is 10.1 Å². The molecule has 2 rings (SSSR count). The average molecular weight is 273 g/mol. The summed E-state index contributed by atoms with van der Waals surface area (Å²) in [7, 11) is 0. The van der Waals surface area contributed by atoms with Crippen LogP contribution in [0.25, 0.3) is 0 Å². The van der Waals surface area contributed by atoms with Crippen molar-refractivity contribution in [2.45, 2.75) is 19.9 Å². The molecule has 0 amide bonds. The third-order valence-corrected chi connectivity index (χ3v) is 3.14. The molecule has 0 aliphatic carbocycles. The summed E-state index contributed by atoms with van der Waals surface area (Å²) in [5, 5.41) is 3.27. The molecule has 0 heterocycles. The van der Waals surface area contributed by atoms with E-state index in [1.165, 1.54) is 6.07 Å². The lowest BCUT2D eigenvalue weighted by Gasteiger charge is -2.20. The molecule has 0 saturated heterocycles. The van der Waals surface area contributed by atoms with Crippen molar-refractivity contribution in [3.63, 3.8) is 0 Å². The van der Waals surface area contributed by atoms with Gasteiger partial charge in [0.25, 0.3) is 0 Å². The second kappa shape index (κ2) is 7.06. The van der Waals surface area contributed by atoms with Crippen molar-refractivity contribution < 1.29 is 9.13 Å². The van der Waals surface area contributed by atoms with Crippen molar-refractivity contribution in [2.24, 2.45) is 0 Å². The highest BCUT2D eigenvalue weighted by molar-refractivity contribution is 5.27. The van der Waals surface area contributed by atoms with Crippen molar-refractivity contribution in [3.8, 4) is 5.75 Å². The molecule has 1 N–H and O–H groups in total. The summed E-state index contributed by atoms with van der Waals surface area (Å²) in [6, 6.07) is 14.6. The highest BCUT2D eigenvalue weighted by Gasteiger charge is 2.15. The molecule has 2 nitrogen and oxygen atoms in total. The predicted molar refractivity (Wildman–Crippen MR) is 79.5 cm³/mol. The molecule has 2 aromatic carbocycles. The van der Waals surface area contributed by atoms with Gasteiger partial charge < -0.3 is 10.1 Å². The van der Waals surface area contributed by atoms with Crippen LogP contribution >= 0.6 is 0 Å². The number of hydrogen-bond donors (Lipinski definition) is 1. The lowest BCUT2D eigenvalue weighted by molar-refractivity contribution is 0.265. The first-order valence-electron chi connectivity index (χ1n) is 6.88. The fraction of sp³-hybridized carbons (Fsp3) is 0.294. The predicted octanol–water partition coefficient (Wildman–Crippen LogP) is 3.86. The largest absolute Gasteiger partial charge is 0.492 e. The first-order valence-corrected chi connectivity index (χ1v) is 6.88. The van der Waals surface area contributed by atoms with Gasteiger partial charge in [0.1, 0.15) is 18.2 Å². The highest BCUT2D eigenvalue weighted by Crippen LogP contribution is 2.20. The van der Waals surface area contributed by atoms with Crippen molar-refractivity contribution in [1.82, 2.24) is 5.32 Å². The number of aryl methyl sites for hydroxylation is 1. The van der Waals surface area contributed by atoms with Gasteiger partial charge in [-0.25, -0.2) is 4.39 Å². The summed E-state index contributed by atoms with van der Waals surface area (Å²) in [6.45, 7) is 5.13. The Labute approximate surface area is 119 Å². The Bertz CT molecular complexity index is 542. The van der Waals surface area contributed by atoms with Crippen LogP contribution in [0.15, 0.2) is 48.5 Å². The number of hydrogen-bond acceptors (Lipinski definition) is 2. The van der Waals surface area contributed by atoms with Crippen LogP contribution in [0.4, 0.5) is 4.39 Å². The van der Waals surface area contributed by atoms with Gasteiger partial charge >= 0.3 is 0 Å². The number of nitrogens with one attached hydrogen (secondary N) is 1. The molecular weight excluding hydrogens is 253 g/mol. The molecule has 0 bridgehead atoms. The van der Waals surface area contributed by atoms with E-state index < -0.39 is 0 Å². The molecule has 106 valence electrons. The molecule has 0 spiro atoms. The monoisotopic (exact) mass is 273 g/mol. The Morgan fingerprint density at radius 3 is 2.60 bits per heavy atom. The second-order valence-electron chi connectivity index (χ2n) is 4.76.